The van der Waals surface area contributed by atoms with E-state index in [2.05, 4.69) is 47.0 Å². The Morgan fingerprint density at radius 1 is 1.33 bits per heavy atom. The van der Waals surface area contributed by atoms with Crippen molar-refractivity contribution < 1.29 is 4.74 Å². The molecule has 0 aliphatic heterocycles. The van der Waals surface area contributed by atoms with E-state index in [1.54, 1.807) is 12.3 Å². The molecule has 2 rings (SSSR count). The van der Waals surface area contributed by atoms with Crippen molar-refractivity contribution >= 4 is 31.9 Å². The van der Waals surface area contributed by atoms with Crippen molar-refractivity contribution in [2.45, 2.75) is 6.92 Å². The van der Waals surface area contributed by atoms with Gasteiger partial charge in [0.05, 0.1) is 4.47 Å². The molecule has 0 aliphatic carbocycles. The van der Waals surface area contributed by atoms with Gasteiger partial charge in [0.2, 0.25) is 11.8 Å². The van der Waals surface area contributed by atoms with Crippen LogP contribution in [0.3, 0.4) is 0 Å². The van der Waals surface area contributed by atoms with E-state index in [0.29, 0.717) is 11.8 Å². The second-order valence-electron chi connectivity index (χ2n) is 2.93. The van der Waals surface area contributed by atoms with Gasteiger partial charge in [-0.3, -0.25) is 5.10 Å². The van der Waals surface area contributed by atoms with Gasteiger partial charge in [0.15, 0.2) is 0 Å². The maximum atomic E-state index is 5.46. The molecule has 4 nitrogen and oxygen atoms in total. The van der Waals surface area contributed by atoms with Gasteiger partial charge in [-0.2, -0.15) is 0 Å². The topological polar surface area (TPSA) is 50.8 Å². The average molecular weight is 333 g/mol. The van der Waals surface area contributed by atoms with E-state index in [1.807, 2.05) is 13.0 Å². The molecule has 0 aliphatic rings. The first-order valence-corrected chi connectivity index (χ1v) is 5.74. The first kappa shape index (κ1) is 10.6. The van der Waals surface area contributed by atoms with Crippen LogP contribution in [-0.4, -0.2) is 15.2 Å². The summed E-state index contributed by atoms with van der Waals surface area (Å²) in [4.78, 5) is 4.11. The highest BCUT2D eigenvalue weighted by molar-refractivity contribution is 9.11. The highest BCUT2D eigenvalue weighted by atomic mass is 79.9. The lowest BCUT2D eigenvalue weighted by molar-refractivity contribution is 0.440. The van der Waals surface area contributed by atoms with Gasteiger partial charge in [-0.05, 0) is 44.8 Å². The molecule has 78 valence electrons. The first-order valence-electron chi connectivity index (χ1n) is 4.16. The third kappa shape index (κ3) is 2.57. The highest BCUT2D eigenvalue weighted by Crippen LogP contribution is 2.28. The number of hydrogen-bond acceptors (Lipinski definition) is 3. The Labute approximate surface area is 103 Å². The molecule has 2 aromatic heterocycles. The summed E-state index contributed by atoms with van der Waals surface area (Å²) in [5, 5.41) is 6.75. The van der Waals surface area contributed by atoms with E-state index in [9.17, 15) is 0 Å². The van der Waals surface area contributed by atoms with Crippen LogP contribution < -0.4 is 4.74 Å². The van der Waals surface area contributed by atoms with Crippen molar-refractivity contribution in [1.82, 2.24) is 15.2 Å². The maximum Gasteiger partial charge on any atom is 0.240 e. The molecule has 15 heavy (non-hydrogen) atoms. The number of rotatable bonds is 2. The van der Waals surface area contributed by atoms with Gasteiger partial charge >= 0.3 is 0 Å². The molecular weight excluding hydrogens is 326 g/mol. The average Bonchev–Trinajstić information content (AvgIpc) is 2.56. The maximum absolute atomic E-state index is 5.46. The van der Waals surface area contributed by atoms with E-state index < -0.39 is 0 Å². The molecule has 6 heteroatoms. The van der Waals surface area contributed by atoms with Crippen molar-refractivity contribution in [1.29, 1.82) is 0 Å². The lowest BCUT2D eigenvalue weighted by Crippen LogP contribution is -1.89. The van der Waals surface area contributed by atoms with Gasteiger partial charge < -0.3 is 4.74 Å². The lowest BCUT2D eigenvalue weighted by Gasteiger charge is -2.02. The van der Waals surface area contributed by atoms with Crippen molar-refractivity contribution in [3.05, 3.63) is 33.0 Å². The zero-order valence-electron chi connectivity index (χ0n) is 7.79. The minimum Gasteiger partial charge on any atom is -0.418 e. The molecule has 0 saturated carbocycles. The summed E-state index contributed by atoms with van der Waals surface area (Å²) in [6.07, 6.45) is 1.67. The molecular formula is C9H7Br2N3O. The summed E-state index contributed by atoms with van der Waals surface area (Å²) < 4.78 is 7.13. The number of hydrogen-bond donors (Lipinski definition) is 1. The molecule has 2 heterocycles. The zero-order valence-corrected chi connectivity index (χ0v) is 11.0. The summed E-state index contributed by atoms with van der Waals surface area (Å²) >= 11 is 6.67. The van der Waals surface area contributed by atoms with Gasteiger partial charge in [0.25, 0.3) is 0 Å². The molecule has 2 aromatic rings. The van der Waals surface area contributed by atoms with E-state index in [4.69, 9.17) is 4.74 Å². The third-order valence-corrected chi connectivity index (χ3v) is 2.66. The Kier molecular flexibility index (Phi) is 3.06. The van der Waals surface area contributed by atoms with Crippen LogP contribution in [0.15, 0.2) is 27.3 Å². The fourth-order valence-electron chi connectivity index (χ4n) is 1.02. The van der Waals surface area contributed by atoms with Crippen LogP contribution in [0.4, 0.5) is 0 Å². The summed E-state index contributed by atoms with van der Waals surface area (Å²) in [6, 6.07) is 3.66. The van der Waals surface area contributed by atoms with Gasteiger partial charge in [-0.1, -0.05) is 0 Å². The monoisotopic (exact) mass is 331 g/mol. The smallest absolute Gasteiger partial charge is 0.240 e. The van der Waals surface area contributed by atoms with Crippen LogP contribution in [0.1, 0.15) is 5.69 Å². The summed E-state index contributed by atoms with van der Waals surface area (Å²) in [6.45, 7) is 1.91. The largest absolute Gasteiger partial charge is 0.418 e. The Morgan fingerprint density at radius 3 is 2.73 bits per heavy atom. The van der Waals surface area contributed by atoms with Crippen molar-refractivity contribution in [2.75, 3.05) is 0 Å². The Morgan fingerprint density at radius 2 is 2.13 bits per heavy atom. The number of aryl methyl sites for hydroxylation is 1. The number of aromatic nitrogens is 3. The molecule has 0 fully saturated rings. The number of pyridine rings is 1. The molecule has 0 aromatic carbocycles. The van der Waals surface area contributed by atoms with Gasteiger partial charge in [0, 0.05) is 22.4 Å². The molecule has 0 spiro atoms. The zero-order chi connectivity index (χ0) is 10.8. The van der Waals surface area contributed by atoms with Gasteiger partial charge in [-0.15, -0.1) is 5.10 Å². The molecule has 0 radical (unpaired) electrons. The van der Waals surface area contributed by atoms with Crippen LogP contribution in [-0.2, 0) is 0 Å². The summed E-state index contributed by atoms with van der Waals surface area (Å²) in [7, 11) is 0. The van der Waals surface area contributed by atoms with Crippen LogP contribution in [0.2, 0.25) is 0 Å². The quantitative estimate of drug-likeness (QED) is 0.916. The number of halogens is 2. The molecule has 0 atom stereocenters. The van der Waals surface area contributed by atoms with E-state index in [0.717, 1.165) is 14.6 Å². The van der Waals surface area contributed by atoms with Gasteiger partial charge in [-0.25, -0.2) is 4.98 Å². The molecule has 0 bridgehead atoms. The van der Waals surface area contributed by atoms with Crippen molar-refractivity contribution in [3.63, 3.8) is 0 Å². The van der Waals surface area contributed by atoms with E-state index in [1.165, 1.54) is 0 Å². The second-order valence-corrected chi connectivity index (χ2v) is 4.70. The lowest BCUT2D eigenvalue weighted by atomic mass is 10.5. The standard InChI is InChI=1S/C9H7Br2N3O/c1-5-2-8(14-13-5)15-9-7(11)3-6(10)4-12-9/h2-4H,1H3,(H,13,14). The van der Waals surface area contributed by atoms with Crippen LogP contribution in [0, 0.1) is 6.92 Å². The number of nitrogens with one attached hydrogen (secondary N) is 1. The predicted molar refractivity (Wildman–Crippen MR) is 63.0 cm³/mol. The highest BCUT2D eigenvalue weighted by Gasteiger charge is 2.06. The van der Waals surface area contributed by atoms with E-state index >= 15 is 0 Å². The summed E-state index contributed by atoms with van der Waals surface area (Å²) in [5.74, 6) is 0.993. The second kappa shape index (κ2) is 4.32. The summed E-state index contributed by atoms with van der Waals surface area (Å²) in [5.41, 5.74) is 0.943. The van der Waals surface area contributed by atoms with Crippen molar-refractivity contribution in [2.24, 2.45) is 0 Å². The van der Waals surface area contributed by atoms with Crippen molar-refractivity contribution in [3.8, 4) is 11.8 Å². The third-order valence-electron chi connectivity index (χ3n) is 1.66. The number of aromatic amines is 1. The number of ether oxygens (including phenoxy) is 1. The molecule has 0 amide bonds. The Hall–Kier alpha value is -0.880. The molecule has 0 saturated heterocycles. The number of H-pyrrole nitrogens is 1. The predicted octanol–water partition coefficient (Wildman–Crippen LogP) is 3.43. The van der Waals surface area contributed by atoms with Gasteiger partial charge in [0.1, 0.15) is 0 Å². The minimum atomic E-state index is 0.490. The minimum absolute atomic E-state index is 0.490. The fraction of sp³-hybridized carbons (Fsp3) is 0.111. The molecule has 1 N–H and O–H groups in total. The van der Waals surface area contributed by atoms with Crippen LogP contribution in [0.5, 0.6) is 11.8 Å². The Bertz CT molecular complexity index is 484. The normalized spacial score (nSPS) is 10.3. The SMILES string of the molecule is Cc1cc(Oc2ncc(Br)cc2Br)n[nH]1. The molecule has 0 unspecified atom stereocenters. The van der Waals surface area contributed by atoms with Crippen LogP contribution >= 0.6 is 31.9 Å². The first-order chi connectivity index (χ1) is 7.15. The number of nitrogens with zero attached hydrogens (tertiary/aromatic N) is 2. The Balaban J connectivity index is 2.24. The fourth-order valence-corrected chi connectivity index (χ4v) is 2.09. The van der Waals surface area contributed by atoms with Crippen LogP contribution in [0.25, 0.3) is 0 Å². The van der Waals surface area contributed by atoms with E-state index in [-0.39, 0.29) is 0 Å².